The summed E-state index contributed by atoms with van der Waals surface area (Å²) in [4.78, 5) is 14.8. The zero-order chi connectivity index (χ0) is 13.6. The number of Topliss-reactive ketones (excluding diaryl/α,β-unsaturated/α-hetero) is 1. The van der Waals surface area contributed by atoms with Crippen LogP contribution >= 0.6 is 0 Å². The molecule has 0 amide bonds. The third kappa shape index (κ3) is 2.66. The van der Waals surface area contributed by atoms with E-state index in [2.05, 4.69) is 17.9 Å². The Hall–Kier alpha value is -1.51. The maximum atomic E-state index is 12.0. The van der Waals surface area contributed by atoms with Gasteiger partial charge in [-0.2, -0.15) is 4.79 Å². The number of methoxy groups -OCH3 is 1. The minimum Gasteiger partial charge on any atom is -0.370 e. The highest BCUT2D eigenvalue weighted by Crippen LogP contribution is 2.40. The first kappa shape index (κ1) is 14.6. The van der Waals surface area contributed by atoms with Crippen LogP contribution < -0.4 is 0 Å². The van der Waals surface area contributed by atoms with Gasteiger partial charge in [0.15, 0.2) is 0 Å². The van der Waals surface area contributed by atoms with Gasteiger partial charge in [-0.1, -0.05) is 38.2 Å². The van der Waals surface area contributed by atoms with E-state index >= 15 is 0 Å². The summed E-state index contributed by atoms with van der Waals surface area (Å²) in [6.45, 7) is 7.60. The van der Waals surface area contributed by atoms with E-state index in [1.807, 2.05) is 0 Å². The molecule has 0 aromatic rings. The van der Waals surface area contributed by atoms with E-state index in [9.17, 15) is 4.79 Å². The molecule has 1 aliphatic carbocycles. The maximum absolute atomic E-state index is 12.0. The Morgan fingerprint density at radius 2 is 2.00 bits per heavy atom. The Morgan fingerprint density at radius 3 is 2.50 bits per heavy atom. The van der Waals surface area contributed by atoms with Gasteiger partial charge in [0.2, 0.25) is 5.78 Å². The molecule has 0 aromatic carbocycles. The standard InChI is InChI=1S/C14H20N2O2/c1-4-14(5-2,18-3)12-9-7-6-8-11(12)13(17)10-16-15/h4-5,10-12H,1-2,6-9H2,3H3/t11-,12+/m1/s1. The van der Waals surface area contributed by atoms with Crippen LogP contribution in [0.2, 0.25) is 0 Å². The van der Waals surface area contributed by atoms with Crippen molar-refractivity contribution in [1.29, 1.82) is 0 Å². The molecule has 4 heteroatoms. The van der Waals surface area contributed by atoms with Crippen LogP contribution in [0, 0.1) is 11.8 Å². The third-order valence-corrected chi connectivity index (χ3v) is 3.89. The summed E-state index contributed by atoms with van der Waals surface area (Å²) in [6.07, 6.45) is 8.09. The van der Waals surface area contributed by atoms with Crippen molar-refractivity contribution < 1.29 is 14.3 Å². The molecule has 0 bridgehead atoms. The topological polar surface area (TPSA) is 62.7 Å². The molecule has 98 valence electrons. The molecular weight excluding hydrogens is 228 g/mol. The molecule has 0 saturated heterocycles. The largest absolute Gasteiger partial charge is 0.370 e. The SMILES string of the molecule is C=CC(C=C)(OC)[C@H]1CCCC[C@H]1C(=O)C=[N+]=[N-]. The van der Waals surface area contributed by atoms with Gasteiger partial charge in [0, 0.05) is 18.9 Å². The van der Waals surface area contributed by atoms with Crippen molar-refractivity contribution in [2.75, 3.05) is 7.11 Å². The highest BCUT2D eigenvalue weighted by molar-refractivity contribution is 6.26. The van der Waals surface area contributed by atoms with Crippen LogP contribution in [-0.2, 0) is 9.53 Å². The van der Waals surface area contributed by atoms with Gasteiger partial charge in [-0.05, 0) is 12.8 Å². The average molecular weight is 248 g/mol. The fraction of sp³-hybridized carbons (Fsp3) is 0.571. The molecule has 0 radical (unpaired) electrons. The Bertz CT molecular complexity index is 375. The first-order chi connectivity index (χ1) is 8.65. The summed E-state index contributed by atoms with van der Waals surface area (Å²) in [5, 5.41) is 0. The van der Waals surface area contributed by atoms with Crippen LogP contribution in [0.3, 0.4) is 0 Å². The monoisotopic (exact) mass is 248 g/mol. The molecule has 0 spiro atoms. The molecule has 2 atom stereocenters. The van der Waals surface area contributed by atoms with Crippen LogP contribution in [0.1, 0.15) is 25.7 Å². The molecule has 18 heavy (non-hydrogen) atoms. The van der Waals surface area contributed by atoms with Gasteiger partial charge in [-0.3, -0.25) is 4.79 Å². The third-order valence-electron chi connectivity index (χ3n) is 3.89. The second kappa shape index (κ2) is 6.43. The van der Waals surface area contributed by atoms with E-state index < -0.39 is 5.60 Å². The normalized spacial score (nSPS) is 23.8. The van der Waals surface area contributed by atoms with E-state index in [1.165, 1.54) is 0 Å². The lowest BCUT2D eigenvalue weighted by Gasteiger charge is -2.40. The zero-order valence-corrected chi connectivity index (χ0v) is 10.8. The second-order valence-electron chi connectivity index (χ2n) is 4.61. The van der Waals surface area contributed by atoms with Crippen molar-refractivity contribution in [2.24, 2.45) is 11.8 Å². The Balaban J connectivity index is 3.07. The maximum Gasteiger partial charge on any atom is 0.323 e. The van der Waals surface area contributed by atoms with Gasteiger partial charge in [-0.15, -0.1) is 0 Å². The Morgan fingerprint density at radius 1 is 1.39 bits per heavy atom. The summed E-state index contributed by atoms with van der Waals surface area (Å²) in [5.74, 6) is -0.366. The van der Waals surface area contributed by atoms with Crippen molar-refractivity contribution in [3.8, 4) is 0 Å². The van der Waals surface area contributed by atoms with Crippen molar-refractivity contribution in [3.05, 3.63) is 30.8 Å². The number of hydrogen-bond acceptors (Lipinski definition) is 2. The Kier molecular flexibility index (Phi) is 5.20. The molecule has 1 fully saturated rings. The molecule has 0 heterocycles. The van der Waals surface area contributed by atoms with Gasteiger partial charge in [0.1, 0.15) is 5.60 Å². The number of nitrogens with zero attached hydrogens (tertiary/aromatic N) is 2. The highest BCUT2D eigenvalue weighted by Gasteiger charge is 2.43. The summed E-state index contributed by atoms with van der Waals surface area (Å²) in [5.41, 5.74) is 7.81. The van der Waals surface area contributed by atoms with E-state index in [0.717, 1.165) is 31.9 Å². The van der Waals surface area contributed by atoms with Crippen LogP contribution in [0.5, 0.6) is 0 Å². The summed E-state index contributed by atoms with van der Waals surface area (Å²) >= 11 is 0. The lowest BCUT2D eigenvalue weighted by atomic mass is 9.68. The fourth-order valence-corrected chi connectivity index (χ4v) is 2.87. The number of carbonyl (C=O) groups excluding carboxylic acids is 1. The first-order valence-electron chi connectivity index (χ1n) is 6.18. The quantitative estimate of drug-likeness (QED) is 0.313. The predicted octanol–water partition coefficient (Wildman–Crippen LogP) is 2.42. The lowest BCUT2D eigenvalue weighted by molar-refractivity contribution is -0.126. The Labute approximate surface area is 108 Å². The number of carbonyl (C=O) groups is 1. The lowest BCUT2D eigenvalue weighted by Crippen LogP contribution is -2.44. The molecule has 1 saturated carbocycles. The van der Waals surface area contributed by atoms with Gasteiger partial charge in [0.25, 0.3) is 0 Å². The molecule has 4 nitrogen and oxygen atoms in total. The van der Waals surface area contributed by atoms with Gasteiger partial charge in [-0.25, -0.2) is 0 Å². The molecule has 0 aliphatic heterocycles. The summed E-state index contributed by atoms with van der Waals surface area (Å²) in [6, 6.07) is 0. The number of hydrogen-bond donors (Lipinski definition) is 0. The molecule has 1 rings (SSSR count). The van der Waals surface area contributed by atoms with Crippen molar-refractivity contribution in [2.45, 2.75) is 31.3 Å². The highest BCUT2D eigenvalue weighted by atomic mass is 16.5. The van der Waals surface area contributed by atoms with Gasteiger partial charge < -0.3 is 10.3 Å². The molecule has 1 aliphatic rings. The van der Waals surface area contributed by atoms with E-state index in [0.29, 0.717) is 0 Å². The number of ketones is 1. The van der Waals surface area contributed by atoms with E-state index in [1.54, 1.807) is 19.3 Å². The summed E-state index contributed by atoms with van der Waals surface area (Å²) in [7, 11) is 1.60. The van der Waals surface area contributed by atoms with Crippen LogP contribution in [0.15, 0.2) is 25.3 Å². The predicted molar refractivity (Wildman–Crippen MR) is 70.3 cm³/mol. The number of rotatable bonds is 6. The van der Waals surface area contributed by atoms with Crippen LogP contribution in [0.4, 0.5) is 0 Å². The fourth-order valence-electron chi connectivity index (χ4n) is 2.87. The number of ether oxygens (including phenoxy) is 1. The zero-order valence-electron chi connectivity index (χ0n) is 10.8. The van der Waals surface area contributed by atoms with Crippen LogP contribution in [0.25, 0.3) is 5.53 Å². The second-order valence-corrected chi connectivity index (χ2v) is 4.61. The van der Waals surface area contributed by atoms with Crippen molar-refractivity contribution in [1.82, 2.24) is 0 Å². The molecule has 0 aromatic heterocycles. The molecule has 0 unspecified atom stereocenters. The first-order valence-corrected chi connectivity index (χ1v) is 6.18. The van der Waals surface area contributed by atoms with Crippen molar-refractivity contribution in [3.63, 3.8) is 0 Å². The molecule has 0 N–H and O–H groups in total. The van der Waals surface area contributed by atoms with E-state index in [-0.39, 0.29) is 17.6 Å². The minimum atomic E-state index is -0.690. The summed E-state index contributed by atoms with van der Waals surface area (Å²) < 4.78 is 5.54. The average Bonchev–Trinajstić information content (AvgIpc) is 2.42. The van der Waals surface area contributed by atoms with Crippen molar-refractivity contribution >= 4 is 12.0 Å². The minimum absolute atomic E-state index is 0.00301. The van der Waals surface area contributed by atoms with Crippen LogP contribution in [-0.4, -0.2) is 29.5 Å². The van der Waals surface area contributed by atoms with E-state index in [4.69, 9.17) is 10.3 Å². The smallest absolute Gasteiger partial charge is 0.323 e. The van der Waals surface area contributed by atoms with Gasteiger partial charge >= 0.3 is 6.21 Å². The van der Waals surface area contributed by atoms with Gasteiger partial charge in [0.05, 0.1) is 0 Å². The molecular formula is C14H20N2O2.